The van der Waals surface area contributed by atoms with Crippen molar-refractivity contribution in [1.29, 1.82) is 0 Å². The third kappa shape index (κ3) is 5.80. The van der Waals surface area contributed by atoms with Crippen LogP contribution >= 0.6 is 0 Å². The molecular formula is C28H35FN2O4. The Morgan fingerprint density at radius 1 is 1.03 bits per heavy atom. The lowest BCUT2D eigenvalue weighted by atomic mass is 9.93. The molecule has 4 rings (SSSR count). The van der Waals surface area contributed by atoms with Crippen LogP contribution in [0.2, 0.25) is 0 Å². The summed E-state index contributed by atoms with van der Waals surface area (Å²) in [4.78, 5) is 30.0. The van der Waals surface area contributed by atoms with E-state index in [4.69, 9.17) is 4.74 Å². The van der Waals surface area contributed by atoms with Crippen LogP contribution in [-0.2, 0) is 14.3 Å². The largest absolute Gasteiger partial charge is 0.507 e. The first-order chi connectivity index (χ1) is 16.4. The molecule has 1 unspecified atom stereocenters. The molecule has 1 amide bonds. The van der Waals surface area contributed by atoms with Crippen LogP contribution in [0.5, 0.6) is 0 Å². The molecular weight excluding hydrogens is 447 g/mol. The highest BCUT2D eigenvalue weighted by atomic mass is 19.1. The standard InChI is InChI=1S/C27H31FN2O4.CH4/c1-18(2)19-4-6-20(7-5-19)24-23(25(31)21-8-10-22(28)11-9-21)26(32)27(33)30(24)13-3-12-29-14-16-34-17-15-29;/h4-11,18,24,31H,3,12-17H2,1-2H3;1H4. The molecule has 0 spiro atoms. The van der Waals surface area contributed by atoms with Crippen molar-refractivity contribution in [3.63, 3.8) is 0 Å². The average molecular weight is 483 g/mol. The van der Waals surface area contributed by atoms with Gasteiger partial charge in [-0.2, -0.15) is 0 Å². The molecule has 0 aliphatic carbocycles. The minimum absolute atomic E-state index is 0. The minimum Gasteiger partial charge on any atom is -0.507 e. The normalized spacial score (nSPS) is 20.3. The zero-order valence-corrected chi connectivity index (χ0v) is 19.7. The molecule has 6 nitrogen and oxygen atoms in total. The summed E-state index contributed by atoms with van der Waals surface area (Å²) in [5, 5.41) is 11.1. The number of halogens is 1. The van der Waals surface area contributed by atoms with Crippen LogP contribution in [0.15, 0.2) is 54.1 Å². The minimum atomic E-state index is -0.717. The highest BCUT2D eigenvalue weighted by Crippen LogP contribution is 2.39. The summed E-state index contributed by atoms with van der Waals surface area (Å²) in [6.07, 6.45) is 0.699. The van der Waals surface area contributed by atoms with Gasteiger partial charge in [0.1, 0.15) is 11.6 Å². The number of hydrogen-bond donors (Lipinski definition) is 1. The summed E-state index contributed by atoms with van der Waals surface area (Å²) >= 11 is 0. The van der Waals surface area contributed by atoms with Gasteiger partial charge in [0, 0.05) is 31.7 Å². The highest BCUT2D eigenvalue weighted by Gasteiger charge is 2.45. The third-order valence-corrected chi connectivity index (χ3v) is 6.55. The number of nitrogens with zero attached hydrogens (tertiary/aromatic N) is 2. The number of amides is 1. The van der Waals surface area contributed by atoms with Gasteiger partial charge in [0.25, 0.3) is 11.7 Å². The first-order valence-corrected chi connectivity index (χ1v) is 11.8. The first-order valence-electron chi connectivity index (χ1n) is 11.8. The second-order valence-corrected chi connectivity index (χ2v) is 9.13. The number of carbonyl (C=O) groups is 2. The van der Waals surface area contributed by atoms with Gasteiger partial charge in [-0.25, -0.2) is 4.39 Å². The van der Waals surface area contributed by atoms with Gasteiger partial charge in [-0.05, 0) is 47.7 Å². The number of likely N-dealkylation sites (tertiary alicyclic amines) is 1. The third-order valence-electron chi connectivity index (χ3n) is 6.55. The fourth-order valence-corrected chi connectivity index (χ4v) is 4.57. The van der Waals surface area contributed by atoms with E-state index in [2.05, 4.69) is 18.7 Å². The molecule has 1 atom stereocenters. The summed E-state index contributed by atoms with van der Waals surface area (Å²) in [7, 11) is 0. The Morgan fingerprint density at radius 3 is 2.26 bits per heavy atom. The lowest BCUT2D eigenvalue weighted by Gasteiger charge is -2.29. The predicted molar refractivity (Wildman–Crippen MR) is 135 cm³/mol. The molecule has 2 fully saturated rings. The van der Waals surface area contributed by atoms with Gasteiger partial charge in [-0.3, -0.25) is 14.5 Å². The van der Waals surface area contributed by atoms with Crippen molar-refractivity contribution in [1.82, 2.24) is 9.80 Å². The van der Waals surface area contributed by atoms with Crippen LogP contribution in [-0.4, -0.2) is 66.0 Å². The van der Waals surface area contributed by atoms with Gasteiger partial charge in [0.15, 0.2) is 0 Å². The topological polar surface area (TPSA) is 70.1 Å². The molecule has 2 aliphatic heterocycles. The first kappa shape index (κ1) is 26.6. The van der Waals surface area contributed by atoms with Gasteiger partial charge < -0.3 is 14.7 Å². The molecule has 2 saturated heterocycles. The number of Topliss-reactive ketones (excluding diaryl/α,β-unsaturated/α-hetero) is 1. The molecule has 2 heterocycles. The zero-order valence-electron chi connectivity index (χ0n) is 19.7. The van der Waals surface area contributed by atoms with Crippen molar-refractivity contribution in [2.75, 3.05) is 39.4 Å². The molecule has 188 valence electrons. The number of hydrogen-bond acceptors (Lipinski definition) is 5. The number of rotatable bonds is 7. The second-order valence-electron chi connectivity index (χ2n) is 9.13. The Morgan fingerprint density at radius 2 is 1.66 bits per heavy atom. The van der Waals surface area contributed by atoms with Crippen LogP contribution in [0, 0.1) is 5.82 Å². The SMILES string of the molecule is C.CC(C)c1ccc(C2C(=C(O)c3ccc(F)cc3)C(=O)C(=O)N2CCCN2CCOCC2)cc1. The molecule has 0 radical (unpaired) electrons. The maximum atomic E-state index is 13.4. The lowest BCUT2D eigenvalue weighted by molar-refractivity contribution is -0.140. The van der Waals surface area contributed by atoms with Crippen molar-refractivity contribution in [3.05, 3.63) is 76.6 Å². The molecule has 2 aliphatic rings. The maximum absolute atomic E-state index is 13.4. The maximum Gasteiger partial charge on any atom is 0.295 e. The smallest absolute Gasteiger partial charge is 0.295 e. The molecule has 2 aromatic carbocycles. The van der Waals surface area contributed by atoms with E-state index in [9.17, 15) is 19.1 Å². The second kappa shape index (κ2) is 11.6. The van der Waals surface area contributed by atoms with E-state index in [1.165, 1.54) is 24.3 Å². The molecule has 2 aromatic rings. The van der Waals surface area contributed by atoms with Gasteiger partial charge in [-0.1, -0.05) is 45.5 Å². The van der Waals surface area contributed by atoms with E-state index in [1.807, 2.05) is 24.3 Å². The summed E-state index contributed by atoms with van der Waals surface area (Å²) in [6, 6.07) is 12.4. The molecule has 7 heteroatoms. The highest BCUT2D eigenvalue weighted by molar-refractivity contribution is 6.46. The number of benzene rings is 2. The Hall–Kier alpha value is -3.03. The molecule has 35 heavy (non-hydrogen) atoms. The Balaban J connectivity index is 0.00000342. The molecule has 0 bridgehead atoms. The Labute approximate surface area is 207 Å². The number of morpholine rings is 1. The molecule has 0 aromatic heterocycles. The van der Waals surface area contributed by atoms with E-state index in [-0.39, 0.29) is 18.8 Å². The number of ether oxygens (including phenoxy) is 1. The van der Waals surface area contributed by atoms with Gasteiger partial charge >= 0.3 is 0 Å². The Bertz CT molecular complexity index is 1060. The Kier molecular flexibility index (Phi) is 8.81. The quantitative estimate of drug-likeness (QED) is 0.351. The van der Waals surface area contributed by atoms with Crippen LogP contribution in [0.3, 0.4) is 0 Å². The van der Waals surface area contributed by atoms with Crippen LogP contribution in [0.25, 0.3) is 5.76 Å². The van der Waals surface area contributed by atoms with E-state index >= 15 is 0 Å². The number of ketones is 1. The monoisotopic (exact) mass is 482 g/mol. The lowest BCUT2D eigenvalue weighted by Crippen LogP contribution is -2.38. The van der Waals surface area contributed by atoms with E-state index < -0.39 is 23.5 Å². The van der Waals surface area contributed by atoms with Gasteiger partial charge in [0.2, 0.25) is 0 Å². The number of aliphatic hydroxyl groups is 1. The van der Waals surface area contributed by atoms with Gasteiger partial charge in [-0.15, -0.1) is 0 Å². The van der Waals surface area contributed by atoms with Crippen molar-refractivity contribution in [3.8, 4) is 0 Å². The van der Waals surface area contributed by atoms with E-state index in [1.54, 1.807) is 4.90 Å². The number of carbonyl (C=O) groups excluding carboxylic acids is 2. The fraction of sp³-hybridized carbons (Fsp3) is 0.429. The van der Waals surface area contributed by atoms with E-state index in [0.29, 0.717) is 37.7 Å². The molecule has 1 N–H and O–H groups in total. The summed E-state index contributed by atoms with van der Waals surface area (Å²) in [5.74, 6) is -1.73. The van der Waals surface area contributed by atoms with Crippen LogP contribution in [0.1, 0.15) is 56.3 Å². The number of aliphatic hydroxyl groups excluding tert-OH is 1. The predicted octanol–water partition coefficient (Wildman–Crippen LogP) is 4.73. The van der Waals surface area contributed by atoms with Crippen molar-refractivity contribution in [2.24, 2.45) is 0 Å². The van der Waals surface area contributed by atoms with Gasteiger partial charge in [0.05, 0.1) is 24.8 Å². The van der Waals surface area contributed by atoms with Crippen molar-refractivity contribution < 1.29 is 23.8 Å². The average Bonchev–Trinajstić information content (AvgIpc) is 3.10. The summed E-state index contributed by atoms with van der Waals surface area (Å²) < 4.78 is 18.8. The summed E-state index contributed by atoms with van der Waals surface area (Å²) in [6.45, 7) is 8.48. The van der Waals surface area contributed by atoms with Crippen LogP contribution < -0.4 is 0 Å². The van der Waals surface area contributed by atoms with Crippen LogP contribution in [0.4, 0.5) is 4.39 Å². The van der Waals surface area contributed by atoms with Crippen molar-refractivity contribution in [2.45, 2.75) is 39.7 Å². The van der Waals surface area contributed by atoms with Crippen molar-refractivity contribution >= 4 is 17.4 Å². The van der Waals surface area contributed by atoms with E-state index in [0.717, 1.165) is 30.8 Å². The summed E-state index contributed by atoms with van der Waals surface area (Å²) in [5.41, 5.74) is 2.25. The molecule has 0 saturated carbocycles. The zero-order chi connectivity index (χ0) is 24.2. The fourth-order valence-electron chi connectivity index (χ4n) is 4.57.